The van der Waals surface area contributed by atoms with E-state index in [1.54, 1.807) is 0 Å². The zero-order chi connectivity index (χ0) is 16.5. The molecule has 0 aromatic heterocycles. The molecular weight excluding hydrogens is 290 g/mol. The number of hydrogen-bond acceptors (Lipinski definition) is 5. The van der Waals surface area contributed by atoms with E-state index in [0.29, 0.717) is 25.0 Å². The normalized spacial score (nSPS) is 12.1. The molecule has 3 N–H and O–H groups in total. The molecule has 1 aliphatic rings. The highest BCUT2D eigenvalue weighted by Gasteiger charge is 2.12. The maximum absolute atomic E-state index is 9.55. The molecule has 1 aliphatic heterocycles. The predicted octanol–water partition coefficient (Wildman–Crippen LogP) is 1.63. The maximum Gasteiger partial charge on any atom is 0.328 e. The maximum atomic E-state index is 9.55. The molecule has 22 heavy (non-hydrogen) atoms. The number of nitrogens with one attached hydrogen (secondary N) is 1. The van der Waals surface area contributed by atoms with Crippen LogP contribution in [-0.2, 0) is 16.1 Å². The van der Waals surface area contributed by atoms with Crippen molar-refractivity contribution in [3.8, 4) is 11.5 Å². The molecule has 120 valence electrons. The Morgan fingerprint density at radius 3 is 2.32 bits per heavy atom. The Morgan fingerprint density at radius 2 is 1.77 bits per heavy atom. The Balaban J connectivity index is 0.000000261. The van der Waals surface area contributed by atoms with Gasteiger partial charge in [-0.25, -0.2) is 9.59 Å². The standard InChI is InChI=1S/C11H15NO2.C4H4O4/c1-8(2)12-6-9-3-4-10-11(5-9)14-7-13-10;5-3(6)1-2-4(7)8/h3-5,8,12H,6-7H2,1-2H3;1-2H,(H,5,6)(H,7,8)/b;2-1+. The monoisotopic (exact) mass is 309 g/mol. The van der Waals surface area contributed by atoms with Crippen LogP contribution in [0.1, 0.15) is 19.4 Å². The fraction of sp³-hybridized carbons (Fsp3) is 0.333. The number of rotatable bonds is 5. The largest absolute Gasteiger partial charge is 0.478 e. The number of carboxylic acids is 2. The van der Waals surface area contributed by atoms with Gasteiger partial charge in [0.25, 0.3) is 0 Å². The summed E-state index contributed by atoms with van der Waals surface area (Å²) in [5.41, 5.74) is 1.22. The van der Waals surface area contributed by atoms with Crippen LogP contribution in [0.5, 0.6) is 11.5 Å². The number of aliphatic carboxylic acids is 2. The second-order valence-electron chi connectivity index (χ2n) is 4.73. The fourth-order valence-electron chi connectivity index (χ4n) is 1.52. The van der Waals surface area contributed by atoms with Crippen LogP contribution in [0.4, 0.5) is 0 Å². The van der Waals surface area contributed by atoms with Gasteiger partial charge in [0.1, 0.15) is 0 Å². The van der Waals surface area contributed by atoms with Gasteiger partial charge in [-0.2, -0.15) is 0 Å². The molecule has 0 fully saturated rings. The molecule has 0 saturated carbocycles. The topological polar surface area (TPSA) is 105 Å². The predicted molar refractivity (Wildman–Crippen MR) is 79.0 cm³/mol. The molecule has 1 aromatic rings. The average Bonchev–Trinajstić information content (AvgIpc) is 2.91. The van der Waals surface area contributed by atoms with Crippen molar-refractivity contribution in [1.29, 1.82) is 0 Å². The van der Waals surface area contributed by atoms with E-state index >= 15 is 0 Å². The lowest BCUT2D eigenvalue weighted by Crippen LogP contribution is -2.21. The summed E-state index contributed by atoms with van der Waals surface area (Å²) in [6.45, 7) is 5.48. The summed E-state index contributed by atoms with van der Waals surface area (Å²) in [7, 11) is 0. The van der Waals surface area contributed by atoms with Crippen molar-refractivity contribution >= 4 is 11.9 Å². The van der Waals surface area contributed by atoms with Crippen molar-refractivity contribution in [2.75, 3.05) is 6.79 Å². The first-order valence-corrected chi connectivity index (χ1v) is 6.64. The zero-order valence-electron chi connectivity index (χ0n) is 12.4. The van der Waals surface area contributed by atoms with Crippen LogP contribution in [0, 0.1) is 0 Å². The quantitative estimate of drug-likeness (QED) is 0.710. The molecule has 0 atom stereocenters. The minimum atomic E-state index is -1.26. The highest BCUT2D eigenvalue weighted by molar-refractivity contribution is 5.89. The van der Waals surface area contributed by atoms with Crippen LogP contribution in [0.2, 0.25) is 0 Å². The van der Waals surface area contributed by atoms with E-state index in [4.69, 9.17) is 19.7 Å². The molecule has 0 unspecified atom stereocenters. The summed E-state index contributed by atoms with van der Waals surface area (Å²) in [6.07, 6.45) is 1.12. The second-order valence-corrected chi connectivity index (χ2v) is 4.73. The molecule has 7 nitrogen and oxygen atoms in total. The highest BCUT2D eigenvalue weighted by Crippen LogP contribution is 2.32. The number of carboxylic acid groups (broad SMARTS) is 2. The molecule has 0 bridgehead atoms. The third kappa shape index (κ3) is 6.76. The third-order valence-corrected chi connectivity index (χ3v) is 2.52. The summed E-state index contributed by atoms with van der Waals surface area (Å²) in [5, 5.41) is 19.0. The first-order valence-electron chi connectivity index (χ1n) is 6.64. The lowest BCUT2D eigenvalue weighted by atomic mass is 10.2. The lowest BCUT2D eigenvalue weighted by molar-refractivity contribution is -0.134. The smallest absolute Gasteiger partial charge is 0.328 e. The number of benzene rings is 1. The minimum Gasteiger partial charge on any atom is -0.478 e. The summed E-state index contributed by atoms with van der Waals surface area (Å²) >= 11 is 0. The van der Waals surface area contributed by atoms with Crippen LogP contribution in [0.15, 0.2) is 30.4 Å². The lowest BCUT2D eigenvalue weighted by Gasteiger charge is -2.08. The summed E-state index contributed by atoms with van der Waals surface area (Å²) in [6, 6.07) is 6.54. The molecule has 0 amide bonds. The van der Waals surface area contributed by atoms with E-state index in [1.165, 1.54) is 5.56 Å². The number of hydrogen-bond donors (Lipinski definition) is 3. The van der Waals surface area contributed by atoms with E-state index in [0.717, 1.165) is 18.0 Å². The van der Waals surface area contributed by atoms with Gasteiger partial charge in [-0.05, 0) is 17.7 Å². The molecule has 0 aliphatic carbocycles. The molecule has 0 saturated heterocycles. The van der Waals surface area contributed by atoms with E-state index < -0.39 is 11.9 Å². The number of ether oxygens (including phenoxy) is 2. The minimum absolute atomic E-state index is 0.344. The summed E-state index contributed by atoms with van der Waals surface area (Å²) < 4.78 is 10.5. The van der Waals surface area contributed by atoms with E-state index in [1.807, 2.05) is 12.1 Å². The van der Waals surface area contributed by atoms with Gasteiger partial charge in [0.2, 0.25) is 6.79 Å². The molecule has 7 heteroatoms. The Morgan fingerprint density at radius 1 is 1.18 bits per heavy atom. The summed E-state index contributed by atoms with van der Waals surface area (Å²) in [5.74, 6) is -0.814. The molecule has 0 radical (unpaired) electrons. The average molecular weight is 309 g/mol. The van der Waals surface area contributed by atoms with Crippen molar-refractivity contribution in [3.05, 3.63) is 35.9 Å². The Kier molecular flexibility index (Phi) is 6.91. The van der Waals surface area contributed by atoms with Gasteiger partial charge in [-0.15, -0.1) is 0 Å². The fourth-order valence-corrected chi connectivity index (χ4v) is 1.52. The molecular formula is C15H19NO6. The SMILES string of the molecule is CC(C)NCc1ccc2c(c1)OCO2.O=C(O)/C=C/C(=O)O. The van der Waals surface area contributed by atoms with Gasteiger partial charge in [-0.1, -0.05) is 19.9 Å². The van der Waals surface area contributed by atoms with Crippen LogP contribution in [0.25, 0.3) is 0 Å². The zero-order valence-corrected chi connectivity index (χ0v) is 12.4. The van der Waals surface area contributed by atoms with Crippen molar-refractivity contribution in [2.24, 2.45) is 0 Å². The highest BCUT2D eigenvalue weighted by atomic mass is 16.7. The van der Waals surface area contributed by atoms with Gasteiger partial charge in [-0.3, -0.25) is 0 Å². The Bertz CT molecular complexity index is 537. The molecule has 1 aromatic carbocycles. The number of fused-ring (bicyclic) bond motifs is 1. The van der Waals surface area contributed by atoms with Crippen LogP contribution >= 0.6 is 0 Å². The third-order valence-electron chi connectivity index (χ3n) is 2.52. The van der Waals surface area contributed by atoms with Crippen molar-refractivity contribution in [3.63, 3.8) is 0 Å². The van der Waals surface area contributed by atoms with Gasteiger partial charge in [0.15, 0.2) is 11.5 Å². The van der Waals surface area contributed by atoms with Gasteiger partial charge >= 0.3 is 11.9 Å². The number of carbonyl (C=O) groups is 2. The second kappa shape index (κ2) is 8.68. The van der Waals surface area contributed by atoms with E-state index in [9.17, 15) is 9.59 Å². The van der Waals surface area contributed by atoms with Crippen molar-refractivity contribution in [2.45, 2.75) is 26.4 Å². The van der Waals surface area contributed by atoms with E-state index in [-0.39, 0.29) is 0 Å². The van der Waals surface area contributed by atoms with E-state index in [2.05, 4.69) is 25.2 Å². The Labute approximate surface area is 128 Å². The van der Waals surface area contributed by atoms with Gasteiger partial charge < -0.3 is 25.0 Å². The molecule has 1 heterocycles. The van der Waals surface area contributed by atoms with Crippen molar-refractivity contribution < 1.29 is 29.3 Å². The molecule has 0 spiro atoms. The van der Waals surface area contributed by atoms with Crippen LogP contribution in [-0.4, -0.2) is 35.0 Å². The molecule has 2 rings (SSSR count). The van der Waals surface area contributed by atoms with Crippen LogP contribution < -0.4 is 14.8 Å². The van der Waals surface area contributed by atoms with Gasteiger partial charge in [0, 0.05) is 24.7 Å². The first kappa shape index (κ1) is 17.5. The van der Waals surface area contributed by atoms with Crippen LogP contribution in [0.3, 0.4) is 0 Å². The summed E-state index contributed by atoms with van der Waals surface area (Å²) in [4.78, 5) is 19.1. The van der Waals surface area contributed by atoms with Crippen molar-refractivity contribution in [1.82, 2.24) is 5.32 Å². The Hall–Kier alpha value is -2.54. The van der Waals surface area contributed by atoms with Gasteiger partial charge in [0.05, 0.1) is 0 Å². The first-order chi connectivity index (χ1) is 10.4.